The molecule has 0 aliphatic carbocycles. The van der Waals surface area contributed by atoms with Crippen LogP contribution in [-0.4, -0.2) is 24.8 Å². The predicted molar refractivity (Wildman–Crippen MR) is 97.6 cm³/mol. The smallest absolute Gasteiger partial charge is 0.310 e. The van der Waals surface area contributed by atoms with E-state index in [1.807, 2.05) is 75.4 Å². The van der Waals surface area contributed by atoms with Crippen LogP contribution in [0.4, 0.5) is 0 Å². The quantitative estimate of drug-likeness (QED) is 0.534. The molecule has 0 fully saturated rings. The molecule has 0 aliphatic rings. The van der Waals surface area contributed by atoms with Crippen molar-refractivity contribution in [1.29, 1.82) is 0 Å². The molecule has 2 aromatic carbocycles. The molecule has 0 aliphatic heterocycles. The molecule has 0 aromatic heterocycles. The molecule has 0 amide bonds. The van der Waals surface area contributed by atoms with E-state index >= 15 is 0 Å². The number of carbonyl (C=O) groups is 1. The van der Waals surface area contributed by atoms with E-state index in [0.717, 1.165) is 16.9 Å². The summed E-state index contributed by atoms with van der Waals surface area (Å²) in [5, 5.41) is 0. The van der Waals surface area contributed by atoms with E-state index in [9.17, 15) is 4.79 Å². The number of hydrogen-bond acceptors (Lipinski definition) is 4. The van der Waals surface area contributed by atoms with E-state index in [4.69, 9.17) is 14.2 Å². The van der Waals surface area contributed by atoms with Gasteiger partial charge in [-0.2, -0.15) is 0 Å². The Morgan fingerprint density at radius 3 is 2.36 bits per heavy atom. The van der Waals surface area contributed by atoms with Crippen molar-refractivity contribution in [2.24, 2.45) is 0 Å². The zero-order valence-corrected chi connectivity index (χ0v) is 15.2. The van der Waals surface area contributed by atoms with Gasteiger partial charge in [0, 0.05) is 0 Å². The van der Waals surface area contributed by atoms with Crippen LogP contribution in [0.25, 0.3) is 0 Å². The lowest BCUT2D eigenvalue weighted by Gasteiger charge is -2.19. The summed E-state index contributed by atoms with van der Waals surface area (Å²) < 4.78 is 16.6. The minimum Gasteiger partial charge on any atom is -0.491 e. The van der Waals surface area contributed by atoms with E-state index in [2.05, 4.69) is 0 Å². The van der Waals surface area contributed by atoms with Crippen molar-refractivity contribution < 1.29 is 19.0 Å². The van der Waals surface area contributed by atoms with Crippen molar-refractivity contribution >= 4 is 5.97 Å². The molecule has 0 unspecified atom stereocenters. The van der Waals surface area contributed by atoms with Gasteiger partial charge in [-0.3, -0.25) is 4.79 Å². The Morgan fingerprint density at radius 2 is 1.64 bits per heavy atom. The summed E-state index contributed by atoms with van der Waals surface area (Å²) >= 11 is 0. The molecular weight excluding hydrogens is 316 g/mol. The topological polar surface area (TPSA) is 44.8 Å². The van der Waals surface area contributed by atoms with Crippen LogP contribution in [0.5, 0.6) is 5.75 Å². The largest absolute Gasteiger partial charge is 0.491 e. The first-order chi connectivity index (χ1) is 11.9. The van der Waals surface area contributed by atoms with Crippen LogP contribution < -0.4 is 4.74 Å². The maximum absolute atomic E-state index is 12.0. The summed E-state index contributed by atoms with van der Waals surface area (Å²) in [6.07, 6.45) is 0.225. The molecule has 0 saturated carbocycles. The summed E-state index contributed by atoms with van der Waals surface area (Å²) in [7, 11) is 0. The molecule has 25 heavy (non-hydrogen) atoms. The van der Waals surface area contributed by atoms with Gasteiger partial charge in [0.25, 0.3) is 0 Å². The first kappa shape index (κ1) is 19.0. The van der Waals surface area contributed by atoms with Crippen molar-refractivity contribution in [2.75, 3.05) is 13.2 Å². The maximum atomic E-state index is 12.0. The van der Waals surface area contributed by atoms with Crippen LogP contribution >= 0.6 is 0 Å². The third kappa shape index (κ3) is 7.86. The minimum absolute atomic E-state index is 0.173. The van der Waals surface area contributed by atoms with Gasteiger partial charge in [-0.1, -0.05) is 42.5 Å². The number of benzene rings is 2. The Balaban J connectivity index is 1.77. The summed E-state index contributed by atoms with van der Waals surface area (Å²) in [6, 6.07) is 17.1. The number of esters is 1. The van der Waals surface area contributed by atoms with E-state index in [0.29, 0.717) is 19.8 Å². The van der Waals surface area contributed by atoms with Crippen LogP contribution in [0.2, 0.25) is 0 Å². The number of carbonyl (C=O) groups excluding carboxylic acids is 1. The van der Waals surface area contributed by atoms with Crippen LogP contribution in [0, 0.1) is 0 Å². The highest BCUT2D eigenvalue weighted by molar-refractivity contribution is 5.72. The number of rotatable bonds is 8. The minimum atomic E-state index is -0.253. The molecule has 134 valence electrons. The van der Waals surface area contributed by atoms with Crippen LogP contribution in [0.15, 0.2) is 54.6 Å². The SMILES string of the molecule is CC(C)(C)OCCOc1cccc(CC(=O)OCc2ccccc2)c1. The molecule has 2 rings (SSSR count). The van der Waals surface area contributed by atoms with Crippen LogP contribution in [0.3, 0.4) is 0 Å². The highest BCUT2D eigenvalue weighted by Crippen LogP contribution is 2.15. The Morgan fingerprint density at radius 1 is 0.920 bits per heavy atom. The molecule has 0 saturated heterocycles. The molecule has 4 nitrogen and oxygen atoms in total. The Bertz CT molecular complexity index is 659. The van der Waals surface area contributed by atoms with E-state index in [1.54, 1.807) is 0 Å². The zero-order valence-electron chi connectivity index (χ0n) is 15.2. The fraction of sp³-hybridized carbons (Fsp3) is 0.381. The molecule has 4 heteroatoms. The lowest BCUT2D eigenvalue weighted by atomic mass is 10.1. The average Bonchev–Trinajstić information content (AvgIpc) is 2.57. The Hall–Kier alpha value is -2.33. The van der Waals surface area contributed by atoms with Gasteiger partial charge in [0.05, 0.1) is 18.6 Å². The van der Waals surface area contributed by atoms with E-state index in [1.165, 1.54) is 0 Å². The van der Waals surface area contributed by atoms with Gasteiger partial charge >= 0.3 is 5.97 Å². The first-order valence-corrected chi connectivity index (χ1v) is 8.48. The molecule has 0 N–H and O–H groups in total. The average molecular weight is 342 g/mol. The van der Waals surface area contributed by atoms with Gasteiger partial charge in [0.2, 0.25) is 0 Å². The maximum Gasteiger partial charge on any atom is 0.310 e. The lowest BCUT2D eigenvalue weighted by molar-refractivity contribution is -0.144. The van der Waals surface area contributed by atoms with Crippen molar-refractivity contribution in [3.63, 3.8) is 0 Å². The second kappa shape index (κ2) is 9.23. The molecule has 0 heterocycles. The van der Waals surface area contributed by atoms with Gasteiger partial charge in [0.15, 0.2) is 0 Å². The van der Waals surface area contributed by atoms with E-state index in [-0.39, 0.29) is 18.0 Å². The van der Waals surface area contributed by atoms with Crippen LogP contribution in [-0.2, 0) is 27.3 Å². The van der Waals surface area contributed by atoms with Gasteiger partial charge in [-0.05, 0) is 44.0 Å². The van der Waals surface area contributed by atoms with Crippen molar-refractivity contribution in [1.82, 2.24) is 0 Å². The van der Waals surface area contributed by atoms with Crippen molar-refractivity contribution in [3.05, 3.63) is 65.7 Å². The second-order valence-electron chi connectivity index (χ2n) is 6.78. The van der Waals surface area contributed by atoms with Gasteiger partial charge in [-0.15, -0.1) is 0 Å². The van der Waals surface area contributed by atoms with Gasteiger partial charge in [0.1, 0.15) is 19.0 Å². The van der Waals surface area contributed by atoms with Gasteiger partial charge < -0.3 is 14.2 Å². The third-order valence-electron chi connectivity index (χ3n) is 3.38. The summed E-state index contributed by atoms with van der Waals surface area (Å²) in [5.74, 6) is 0.475. The summed E-state index contributed by atoms with van der Waals surface area (Å²) in [5.41, 5.74) is 1.67. The lowest BCUT2D eigenvalue weighted by Crippen LogP contribution is -2.22. The van der Waals surface area contributed by atoms with E-state index < -0.39 is 0 Å². The molecule has 0 atom stereocenters. The molecule has 0 spiro atoms. The fourth-order valence-electron chi connectivity index (χ4n) is 2.21. The van der Waals surface area contributed by atoms with Crippen molar-refractivity contribution in [2.45, 2.75) is 39.4 Å². The number of ether oxygens (including phenoxy) is 3. The standard InChI is InChI=1S/C21H26O4/c1-21(2,3)25-13-12-23-19-11-7-10-18(14-19)15-20(22)24-16-17-8-5-4-6-9-17/h4-11,14H,12-13,15-16H2,1-3H3. The fourth-order valence-corrected chi connectivity index (χ4v) is 2.21. The molecule has 2 aromatic rings. The molecule has 0 radical (unpaired) electrons. The summed E-state index contributed by atoms with van der Waals surface area (Å²) in [4.78, 5) is 12.0. The second-order valence-corrected chi connectivity index (χ2v) is 6.78. The third-order valence-corrected chi connectivity index (χ3v) is 3.38. The first-order valence-electron chi connectivity index (χ1n) is 8.48. The zero-order chi connectivity index (χ0) is 18.1. The summed E-state index contributed by atoms with van der Waals surface area (Å²) in [6.45, 7) is 7.31. The normalized spacial score (nSPS) is 11.2. The monoisotopic (exact) mass is 342 g/mol. The van der Waals surface area contributed by atoms with Gasteiger partial charge in [-0.25, -0.2) is 0 Å². The highest BCUT2D eigenvalue weighted by atomic mass is 16.5. The Labute approximate surface area is 149 Å². The predicted octanol–water partition coefficient (Wildman–Crippen LogP) is 4.17. The Kier molecular flexibility index (Phi) is 7.02. The molecule has 0 bridgehead atoms. The highest BCUT2D eigenvalue weighted by Gasteiger charge is 2.10. The van der Waals surface area contributed by atoms with Crippen LogP contribution in [0.1, 0.15) is 31.9 Å². The van der Waals surface area contributed by atoms with Crippen molar-refractivity contribution in [3.8, 4) is 5.75 Å². The number of hydrogen-bond donors (Lipinski definition) is 0. The molecular formula is C21H26O4.